The first-order valence-corrected chi connectivity index (χ1v) is 8.20. The van der Waals surface area contributed by atoms with Crippen LogP contribution in [0.25, 0.3) is 0 Å². The Morgan fingerprint density at radius 3 is 1.78 bits per heavy atom. The Balaban J connectivity index is 1.67. The van der Waals surface area contributed by atoms with E-state index in [9.17, 15) is 14.9 Å². The Labute approximate surface area is 156 Å². The number of esters is 2. The topological polar surface area (TPSA) is 76.4 Å². The Hall–Kier alpha value is -3.91. The molecule has 0 fully saturated rings. The predicted octanol–water partition coefficient (Wildman–Crippen LogP) is 4.33. The van der Waals surface area contributed by atoms with Crippen molar-refractivity contribution in [3.63, 3.8) is 0 Å². The van der Waals surface area contributed by atoms with E-state index in [1.54, 1.807) is 78.9 Å². The first-order valence-electron chi connectivity index (χ1n) is 8.20. The van der Waals surface area contributed by atoms with Crippen molar-refractivity contribution in [1.82, 2.24) is 0 Å². The Kier molecular flexibility index (Phi) is 5.60. The van der Waals surface area contributed by atoms with E-state index >= 15 is 0 Å². The molecule has 5 nitrogen and oxygen atoms in total. The van der Waals surface area contributed by atoms with Gasteiger partial charge in [-0.3, -0.25) is 0 Å². The smallest absolute Gasteiger partial charge is 0.343 e. The first kappa shape index (κ1) is 17.9. The average molecular weight is 357 g/mol. The van der Waals surface area contributed by atoms with Crippen LogP contribution in [0.1, 0.15) is 32.4 Å². The molecular weight excluding hydrogens is 342 g/mol. The van der Waals surface area contributed by atoms with Crippen LogP contribution in [-0.2, 0) is 4.74 Å². The zero-order chi connectivity index (χ0) is 19.1. The molecular formula is C22H15NO4. The minimum atomic E-state index is -1.06. The number of nitriles is 1. The van der Waals surface area contributed by atoms with Crippen molar-refractivity contribution in [1.29, 1.82) is 5.26 Å². The number of hydrogen-bond donors (Lipinski definition) is 0. The summed E-state index contributed by atoms with van der Waals surface area (Å²) in [4.78, 5) is 24.2. The number of ether oxygens (including phenoxy) is 2. The van der Waals surface area contributed by atoms with Crippen molar-refractivity contribution >= 4 is 11.9 Å². The van der Waals surface area contributed by atoms with Crippen LogP contribution in [0.15, 0.2) is 84.9 Å². The summed E-state index contributed by atoms with van der Waals surface area (Å²) < 4.78 is 10.5. The van der Waals surface area contributed by atoms with Crippen molar-refractivity contribution in [2.24, 2.45) is 0 Å². The number of benzene rings is 3. The van der Waals surface area contributed by atoms with Gasteiger partial charge in [0.1, 0.15) is 11.8 Å². The molecule has 0 unspecified atom stereocenters. The zero-order valence-electron chi connectivity index (χ0n) is 14.2. The van der Waals surface area contributed by atoms with Crippen LogP contribution < -0.4 is 4.74 Å². The van der Waals surface area contributed by atoms with Gasteiger partial charge in [0.15, 0.2) is 0 Å². The molecule has 0 N–H and O–H groups in total. The van der Waals surface area contributed by atoms with E-state index in [-0.39, 0.29) is 0 Å². The third kappa shape index (κ3) is 4.59. The lowest BCUT2D eigenvalue weighted by Crippen LogP contribution is -2.11. The van der Waals surface area contributed by atoms with E-state index in [0.29, 0.717) is 22.4 Å². The fourth-order valence-corrected chi connectivity index (χ4v) is 2.37. The lowest BCUT2D eigenvalue weighted by Gasteiger charge is -2.12. The molecule has 0 saturated carbocycles. The Bertz CT molecular complexity index is 961. The molecule has 3 rings (SSSR count). The Morgan fingerprint density at radius 1 is 0.741 bits per heavy atom. The fourth-order valence-electron chi connectivity index (χ4n) is 2.37. The largest absolute Gasteiger partial charge is 0.438 e. The van der Waals surface area contributed by atoms with E-state index in [2.05, 4.69) is 0 Å². The zero-order valence-corrected chi connectivity index (χ0v) is 14.2. The molecule has 3 aromatic rings. The van der Waals surface area contributed by atoms with Crippen LogP contribution in [0.3, 0.4) is 0 Å². The van der Waals surface area contributed by atoms with Gasteiger partial charge in [-0.1, -0.05) is 48.5 Å². The molecule has 1 atom stereocenters. The highest BCUT2D eigenvalue weighted by atomic mass is 16.5. The van der Waals surface area contributed by atoms with Crippen molar-refractivity contribution in [2.75, 3.05) is 0 Å². The van der Waals surface area contributed by atoms with Crippen molar-refractivity contribution in [3.05, 3.63) is 102 Å². The molecule has 0 aliphatic heterocycles. The van der Waals surface area contributed by atoms with Crippen LogP contribution >= 0.6 is 0 Å². The maximum absolute atomic E-state index is 12.1. The third-order valence-corrected chi connectivity index (χ3v) is 3.75. The summed E-state index contributed by atoms with van der Waals surface area (Å²) in [6.07, 6.45) is -1.06. The summed E-state index contributed by atoms with van der Waals surface area (Å²) in [6, 6.07) is 25.3. The molecule has 0 radical (unpaired) electrons. The molecule has 0 aromatic heterocycles. The molecule has 0 aliphatic carbocycles. The maximum atomic E-state index is 12.1. The van der Waals surface area contributed by atoms with Gasteiger partial charge < -0.3 is 9.47 Å². The van der Waals surface area contributed by atoms with Crippen LogP contribution in [0.5, 0.6) is 5.75 Å². The van der Waals surface area contributed by atoms with Crippen LogP contribution in [-0.4, -0.2) is 11.9 Å². The van der Waals surface area contributed by atoms with E-state index in [4.69, 9.17) is 9.47 Å². The maximum Gasteiger partial charge on any atom is 0.343 e. The van der Waals surface area contributed by atoms with Crippen molar-refractivity contribution in [2.45, 2.75) is 6.10 Å². The van der Waals surface area contributed by atoms with Gasteiger partial charge in [0.2, 0.25) is 6.10 Å². The van der Waals surface area contributed by atoms with E-state index in [0.717, 1.165) is 0 Å². The van der Waals surface area contributed by atoms with Gasteiger partial charge in [-0.2, -0.15) is 5.26 Å². The molecule has 0 saturated heterocycles. The fraction of sp³-hybridized carbons (Fsp3) is 0.0455. The Morgan fingerprint density at radius 2 is 1.26 bits per heavy atom. The normalized spacial score (nSPS) is 11.1. The summed E-state index contributed by atoms with van der Waals surface area (Å²) >= 11 is 0. The van der Waals surface area contributed by atoms with Crippen LogP contribution in [0, 0.1) is 11.3 Å². The number of carbonyl (C=O) groups excluding carboxylic acids is 2. The molecule has 27 heavy (non-hydrogen) atoms. The van der Waals surface area contributed by atoms with Gasteiger partial charge in [0.05, 0.1) is 11.1 Å². The second-order valence-corrected chi connectivity index (χ2v) is 5.61. The monoisotopic (exact) mass is 357 g/mol. The van der Waals surface area contributed by atoms with E-state index < -0.39 is 18.0 Å². The predicted molar refractivity (Wildman–Crippen MR) is 98.1 cm³/mol. The highest BCUT2D eigenvalue weighted by Gasteiger charge is 2.18. The molecule has 0 amide bonds. The quantitative estimate of drug-likeness (QED) is 0.502. The summed E-state index contributed by atoms with van der Waals surface area (Å²) in [6.45, 7) is 0. The number of hydrogen-bond acceptors (Lipinski definition) is 5. The van der Waals surface area contributed by atoms with Crippen LogP contribution in [0.2, 0.25) is 0 Å². The highest BCUT2D eigenvalue weighted by Crippen LogP contribution is 2.22. The summed E-state index contributed by atoms with van der Waals surface area (Å²) in [5.41, 5.74) is 1.29. The minimum absolute atomic E-state index is 0.332. The van der Waals surface area contributed by atoms with Gasteiger partial charge in [-0.15, -0.1) is 0 Å². The summed E-state index contributed by atoms with van der Waals surface area (Å²) in [5, 5.41) is 9.33. The molecule has 5 heteroatoms. The molecule has 3 aromatic carbocycles. The standard InChI is InChI=1S/C22H15NO4/c23-15-20(27-22(25)18-9-5-2-6-10-18)16-11-13-19(14-12-16)26-21(24)17-7-3-1-4-8-17/h1-14,20H/t20-/m0/s1. The van der Waals surface area contributed by atoms with E-state index in [1.807, 2.05) is 12.1 Å². The number of rotatable bonds is 5. The number of carbonyl (C=O) groups is 2. The minimum Gasteiger partial charge on any atom is -0.438 e. The molecule has 0 aliphatic rings. The van der Waals surface area contributed by atoms with Gasteiger partial charge in [0.25, 0.3) is 0 Å². The van der Waals surface area contributed by atoms with E-state index in [1.165, 1.54) is 0 Å². The molecule has 132 valence electrons. The third-order valence-electron chi connectivity index (χ3n) is 3.75. The summed E-state index contributed by atoms with van der Waals surface area (Å²) in [7, 11) is 0. The van der Waals surface area contributed by atoms with Crippen molar-refractivity contribution < 1.29 is 19.1 Å². The average Bonchev–Trinajstić information content (AvgIpc) is 2.73. The van der Waals surface area contributed by atoms with Gasteiger partial charge in [-0.05, 0) is 36.4 Å². The molecule has 0 spiro atoms. The van der Waals surface area contributed by atoms with Crippen molar-refractivity contribution in [3.8, 4) is 11.8 Å². The SMILES string of the molecule is N#C[C@H](OC(=O)c1ccccc1)c1ccc(OC(=O)c2ccccc2)cc1. The van der Waals surface area contributed by atoms with Gasteiger partial charge in [-0.25, -0.2) is 9.59 Å². The second kappa shape index (κ2) is 8.45. The lowest BCUT2D eigenvalue weighted by atomic mass is 10.1. The molecule has 0 bridgehead atoms. The lowest BCUT2D eigenvalue weighted by molar-refractivity contribution is 0.0404. The summed E-state index contributed by atoms with van der Waals surface area (Å²) in [5.74, 6) is -0.726. The molecule has 0 heterocycles. The van der Waals surface area contributed by atoms with Gasteiger partial charge in [0, 0.05) is 5.56 Å². The van der Waals surface area contributed by atoms with Gasteiger partial charge >= 0.3 is 11.9 Å². The number of nitrogens with zero attached hydrogens (tertiary/aromatic N) is 1. The second-order valence-electron chi connectivity index (χ2n) is 5.61. The first-order chi connectivity index (χ1) is 13.2. The highest BCUT2D eigenvalue weighted by molar-refractivity contribution is 5.91. The van der Waals surface area contributed by atoms with Crippen LogP contribution in [0.4, 0.5) is 0 Å².